The van der Waals surface area contributed by atoms with Crippen LogP contribution in [-0.4, -0.2) is 23.3 Å². The van der Waals surface area contributed by atoms with Crippen molar-refractivity contribution in [2.45, 2.75) is 38.9 Å². The van der Waals surface area contributed by atoms with Crippen molar-refractivity contribution in [2.24, 2.45) is 0 Å². The van der Waals surface area contributed by atoms with Gasteiger partial charge in [0.15, 0.2) is 0 Å². The molecule has 1 fully saturated rings. The Morgan fingerprint density at radius 3 is 1.76 bits per heavy atom. The Morgan fingerprint density at radius 2 is 1.15 bits per heavy atom. The Bertz CT molecular complexity index is 1490. The lowest BCUT2D eigenvalue weighted by Crippen LogP contribution is -2.41. The molecule has 1 aromatic heterocycles. The zero-order valence-electron chi connectivity index (χ0n) is 20.1. The molecule has 1 N–H and O–H groups in total. The van der Waals surface area contributed by atoms with Crippen LogP contribution >= 0.6 is 0 Å². The van der Waals surface area contributed by atoms with Gasteiger partial charge in [-0.2, -0.15) is 0 Å². The van der Waals surface area contributed by atoms with Crippen LogP contribution in [0, 0.1) is 0 Å². The first-order chi connectivity index (χ1) is 16.3. The van der Waals surface area contributed by atoms with Crippen molar-refractivity contribution in [3.8, 4) is 22.3 Å². The van der Waals surface area contributed by atoms with Crippen molar-refractivity contribution in [3.63, 3.8) is 0 Å². The van der Waals surface area contributed by atoms with E-state index in [0.29, 0.717) is 0 Å². The van der Waals surface area contributed by atoms with Gasteiger partial charge in [-0.25, -0.2) is 0 Å². The summed E-state index contributed by atoms with van der Waals surface area (Å²) in [6.07, 6.45) is 0. The average Bonchev–Trinajstić information content (AvgIpc) is 3.32. The number of H-pyrrole nitrogens is 1. The smallest absolute Gasteiger partial charge is 0.399 e. The van der Waals surface area contributed by atoms with Crippen LogP contribution < -0.4 is 5.46 Å². The third-order valence-electron chi connectivity index (χ3n) is 7.46. The summed E-state index contributed by atoms with van der Waals surface area (Å²) >= 11 is 0. The monoisotopic (exact) mass is 445 g/mol. The van der Waals surface area contributed by atoms with Gasteiger partial charge in [-0.15, -0.1) is 0 Å². The normalized spacial score (nSPS) is 17.0. The predicted octanol–water partition coefficient (Wildman–Crippen LogP) is 6.95. The molecule has 1 saturated heterocycles. The molecule has 0 spiro atoms. The maximum Gasteiger partial charge on any atom is 0.497 e. The highest BCUT2D eigenvalue weighted by molar-refractivity contribution is 6.65. The SMILES string of the molecule is CC1(C)OB(c2cc(-c3ccccc3)cc3c2[nH]c2ccc(-c4ccccc4)cc23)OC1(C)C. The summed E-state index contributed by atoms with van der Waals surface area (Å²) in [5.41, 5.74) is 7.15. The third-order valence-corrected chi connectivity index (χ3v) is 7.46. The number of hydrogen-bond acceptors (Lipinski definition) is 2. The van der Waals surface area contributed by atoms with E-state index in [1.807, 2.05) is 0 Å². The molecule has 1 aliphatic heterocycles. The molecule has 6 rings (SSSR count). The summed E-state index contributed by atoms with van der Waals surface area (Å²) in [7, 11) is -0.446. The lowest BCUT2D eigenvalue weighted by molar-refractivity contribution is 0.00578. The fourth-order valence-electron chi connectivity index (χ4n) is 4.79. The highest BCUT2D eigenvalue weighted by Crippen LogP contribution is 2.38. The Morgan fingerprint density at radius 1 is 0.588 bits per heavy atom. The van der Waals surface area contributed by atoms with Gasteiger partial charge in [-0.1, -0.05) is 72.8 Å². The molecule has 4 heteroatoms. The molecule has 0 atom stereocenters. The van der Waals surface area contributed by atoms with Crippen LogP contribution in [0.3, 0.4) is 0 Å². The van der Waals surface area contributed by atoms with E-state index in [1.165, 1.54) is 27.5 Å². The van der Waals surface area contributed by atoms with E-state index < -0.39 is 18.3 Å². The van der Waals surface area contributed by atoms with Crippen molar-refractivity contribution in [1.82, 2.24) is 4.98 Å². The maximum absolute atomic E-state index is 6.50. The number of nitrogens with one attached hydrogen (secondary N) is 1. The van der Waals surface area contributed by atoms with Crippen LogP contribution in [0.5, 0.6) is 0 Å². The van der Waals surface area contributed by atoms with Crippen LogP contribution in [-0.2, 0) is 9.31 Å². The number of aromatic amines is 1. The van der Waals surface area contributed by atoms with E-state index >= 15 is 0 Å². The molecule has 34 heavy (non-hydrogen) atoms. The molecule has 0 unspecified atom stereocenters. The largest absolute Gasteiger partial charge is 0.497 e. The topological polar surface area (TPSA) is 34.2 Å². The number of benzene rings is 4. The van der Waals surface area contributed by atoms with Crippen molar-refractivity contribution < 1.29 is 9.31 Å². The number of hydrogen-bond donors (Lipinski definition) is 1. The molecular formula is C30H28BNO2. The predicted molar refractivity (Wildman–Crippen MR) is 142 cm³/mol. The zero-order valence-corrected chi connectivity index (χ0v) is 20.1. The second-order valence-electron chi connectivity index (χ2n) is 10.2. The highest BCUT2D eigenvalue weighted by Gasteiger charge is 2.52. The van der Waals surface area contributed by atoms with Gasteiger partial charge in [0.1, 0.15) is 0 Å². The standard InChI is InChI=1S/C30H28BNO2/c1-29(2)30(3,4)34-31(33-29)26-19-23(21-13-9-6-10-14-21)18-25-24-17-22(20-11-7-5-8-12-20)15-16-27(24)32-28(25)26/h5-19,32H,1-4H3. The van der Waals surface area contributed by atoms with Crippen LogP contribution in [0.4, 0.5) is 0 Å². The molecule has 0 amide bonds. The van der Waals surface area contributed by atoms with Crippen molar-refractivity contribution in [2.75, 3.05) is 0 Å². The molecule has 168 valence electrons. The minimum Gasteiger partial charge on any atom is -0.399 e. The number of fused-ring (bicyclic) bond motifs is 3. The van der Waals surface area contributed by atoms with Crippen LogP contribution in [0.1, 0.15) is 27.7 Å². The summed E-state index contributed by atoms with van der Waals surface area (Å²) in [6, 6.07) is 32.2. The fraction of sp³-hybridized carbons (Fsp3) is 0.200. The van der Waals surface area contributed by atoms with Crippen LogP contribution in [0.2, 0.25) is 0 Å². The molecule has 1 aliphatic rings. The van der Waals surface area contributed by atoms with Crippen molar-refractivity contribution in [3.05, 3.63) is 91.0 Å². The van der Waals surface area contributed by atoms with Gasteiger partial charge in [0.05, 0.1) is 11.2 Å². The molecule has 4 aromatic carbocycles. The van der Waals surface area contributed by atoms with E-state index in [2.05, 4.69) is 124 Å². The minimum atomic E-state index is -0.446. The molecular weight excluding hydrogens is 417 g/mol. The molecule has 0 bridgehead atoms. The Labute approximate surface area is 200 Å². The Balaban J connectivity index is 1.60. The van der Waals surface area contributed by atoms with Gasteiger partial charge in [-0.3, -0.25) is 0 Å². The van der Waals surface area contributed by atoms with E-state index in [4.69, 9.17) is 9.31 Å². The summed E-state index contributed by atoms with van der Waals surface area (Å²) in [5.74, 6) is 0. The van der Waals surface area contributed by atoms with Gasteiger partial charge in [0.25, 0.3) is 0 Å². The van der Waals surface area contributed by atoms with E-state index in [0.717, 1.165) is 22.1 Å². The van der Waals surface area contributed by atoms with E-state index in [-0.39, 0.29) is 0 Å². The first-order valence-corrected chi connectivity index (χ1v) is 11.9. The van der Waals surface area contributed by atoms with Gasteiger partial charge in [0, 0.05) is 27.3 Å². The summed E-state index contributed by atoms with van der Waals surface area (Å²) < 4.78 is 13.0. The highest BCUT2D eigenvalue weighted by atomic mass is 16.7. The van der Waals surface area contributed by atoms with Crippen LogP contribution in [0.15, 0.2) is 91.0 Å². The summed E-state index contributed by atoms with van der Waals surface area (Å²) in [5, 5.41) is 2.38. The quantitative estimate of drug-likeness (QED) is 0.305. The fourth-order valence-corrected chi connectivity index (χ4v) is 4.79. The van der Waals surface area contributed by atoms with Crippen LogP contribution in [0.25, 0.3) is 44.1 Å². The van der Waals surface area contributed by atoms with E-state index in [1.54, 1.807) is 0 Å². The zero-order chi connectivity index (χ0) is 23.5. The molecule has 2 heterocycles. The van der Waals surface area contributed by atoms with Gasteiger partial charge in [0.2, 0.25) is 0 Å². The van der Waals surface area contributed by atoms with Crippen molar-refractivity contribution in [1.29, 1.82) is 0 Å². The first-order valence-electron chi connectivity index (χ1n) is 11.9. The Hall–Kier alpha value is -3.34. The van der Waals surface area contributed by atoms with Gasteiger partial charge < -0.3 is 14.3 Å². The lowest BCUT2D eigenvalue weighted by Gasteiger charge is -2.32. The third kappa shape index (κ3) is 3.37. The van der Waals surface area contributed by atoms with E-state index in [9.17, 15) is 0 Å². The molecule has 0 radical (unpaired) electrons. The number of aromatic nitrogens is 1. The molecule has 5 aromatic rings. The van der Waals surface area contributed by atoms with Gasteiger partial charge in [-0.05, 0) is 68.1 Å². The maximum atomic E-state index is 6.50. The molecule has 0 saturated carbocycles. The Kier molecular flexibility index (Phi) is 4.74. The summed E-state index contributed by atoms with van der Waals surface area (Å²) in [4.78, 5) is 3.68. The second-order valence-corrected chi connectivity index (χ2v) is 10.2. The second kappa shape index (κ2) is 7.59. The molecule has 3 nitrogen and oxygen atoms in total. The average molecular weight is 445 g/mol. The lowest BCUT2D eigenvalue weighted by atomic mass is 9.76. The first kappa shape index (κ1) is 21.2. The van der Waals surface area contributed by atoms with Gasteiger partial charge >= 0.3 is 7.12 Å². The minimum absolute atomic E-state index is 0.404. The molecule has 0 aliphatic carbocycles. The van der Waals surface area contributed by atoms with Crippen molar-refractivity contribution >= 4 is 34.4 Å². The summed E-state index contributed by atoms with van der Waals surface area (Å²) in [6.45, 7) is 8.40. The number of rotatable bonds is 3.